The van der Waals surface area contributed by atoms with Crippen LogP contribution < -0.4 is 0 Å². The molecule has 0 amide bonds. The summed E-state index contributed by atoms with van der Waals surface area (Å²) in [4.78, 5) is 0. The third-order valence-corrected chi connectivity index (χ3v) is 3.68. The Morgan fingerprint density at radius 3 is 2.53 bits per heavy atom. The van der Waals surface area contributed by atoms with Crippen LogP contribution in [0, 0.1) is 17.7 Å². The van der Waals surface area contributed by atoms with Crippen LogP contribution in [0.1, 0.15) is 38.7 Å². The van der Waals surface area contributed by atoms with E-state index < -0.39 is 5.60 Å². The lowest BCUT2D eigenvalue weighted by Crippen LogP contribution is -2.39. The standard InChI is InChI=1S/C15H21FO/c1-11-6-12(2)9-15(17,8-11)10-13-4-3-5-14(16)7-13/h3-5,7,11-12,17H,6,8-10H2,1-2H3. The summed E-state index contributed by atoms with van der Waals surface area (Å²) in [7, 11) is 0. The van der Waals surface area contributed by atoms with E-state index in [0.717, 1.165) is 18.4 Å². The van der Waals surface area contributed by atoms with E-state index in [1.807, 2.05) is 6.07 Å². The summed E-state index contributed by atoms with van der Waals surface area (Å²) in [6.07, 6.45) is 3.41. The Morgan fingerprint density at radius 2 is 1.94 bits per heavy atom. The molecule has 2 rings (SSSR count). The molecule has 0 bridgehead atoms. The van der Waals surface area contributed by atoms with Crippen LogP contribution in [0.5, 0.6) is 0 Å². The zero-order valence-corrected chi connectivity index (χ0v) is 10.6. The topological polar surface area (TPSA) is 20.2 Å². The largest absolute Gasteiger partial charge is 0.390 e. The molecule has 1 aliphatic carbocycles. The van der Waals surface area contributed by atoms with Gasteiger partial charge in [-0.1, -0.05) is 26.0 Å². The Balaban J connectivity index is 2.11. The molecule has 1 fully saturated rings. The highest BCUT2D eigenvalue weighted by molar-refractivity contribution is 5.18. The van der Waals surface area contributed by atoms with Crippen molar-refractivity contribution in [2.45, 2.75) is 45.1 Å². The molecule has 0 radical (unpaired) electrons. The van der Waals surface area contributed by atoms with Gasteiger partial charge in [0.2, 0.25) is 0 Å². The third-order valence-electron chi connectivity index (χ3n) is 3.68. The Hall–Kier alpha value is -0.890. The second-order valence-corrected chi connectivity index (χ2v) is 5.89. The summed E-state index contributed by atoms with van der Waals surface area (Å²) >= 11 is 0. The summed E-state index contributed by atoms with van der Waals surface area (Å²) in [5, 5.41) is 10.6. The molecule has 1 aromatic carbocycles. The maximum atomic E-state index is 13.1. The van der Waals surface area contributed by atoms with Crippen LogP contribution in [-0.2, 0) is 6.42 Å². The molecule has 2 unspecified atom stereocenters. The average Bonchev–Trinajstić information content (AvgIpc) is 2.13. The van der Waals surface area contributed by atoms with E-state index in [2.05, 4.69) is 13.8 Å². The van der Waals surface area contributed by atoms with Crippen molar-refractivity contribution < 1.29 is 9.50 Å². The van der Waals surface area contributed by atoms with Crippen LogP contribution in [0.15, 0.2) is 24.3 Å². The molecular weight excluding hydrogens is 215 g/mol. The monoisotopic (exact) mass is 236 g/mol. The van der Waals surface area contributed by atoms with Gasteiger partial charge in [0, 0.05) is 6.42 Å². The molecule has 2 atom stereocenters. The van der Waals surface area contributed by atoms with Crippen LogP contribution in [0.4, 0.5) is 4.39 Å². The quantitative estimate of drug-likeness (QED) is 0.832. The van der Waals surface area contributed by atoms with Gasteiger partial charge in [-0.25, -0.2) is 4.39 Å². The van der Waals surface area contributed by atoms with E-state index >= 15 is 0 Å². The predicted molar refractivity (Wildman–Crippen MR) is 67.2 cm³/mol. The van der Waals surface area contributed by atoms with Crippen LogP contribution in [0.2, 0.25) is 0 Å². The first-order valence-electron chi connectivity index (χ1n) is 6.44. The maximum Gasteiger partial charge on any atom is 0.123 e. The smallest absolute Gasteiger partial charge is 0.123 e. The number of halogens is 1. The minimum Gasteiger partial charge on any atom is -0.390 e. The van der Waals surface area contributed by atoms with E-state index in [0.29, 0.717) is 18.3 Å². The first kappa shape index (κ1) is 12.6. The van der Waals surface area contributed by atoms with E-state index in [-0.39, 0.29) is 5.82 Å². The molecular formula is C15H21FO. The van der Waals surface area contributed by atoms with Gasteiger partial charge in [-0.2, -0.15) is 0 Å². The summed E-state index contributed by atoms with van der Waals surface area (Å²) in [5.74, 6) is 0.887. The van der Waals surface area contributed by atoms with Crippen molar-refractivity contribution in [3.8, 4) is 0 Å². The van der Waals surface area contributed by atoms with Gasteiger partial charge in [0.25, 0.3) is 0 Å². The van der Waals surface area contributed by atoms with Crippen molar-refractivity contribution in [1.29, 1.82) is 0 Å². The fourth-order valence-corrected chi connectivity index (χ4v) is 3.41. The van der Waals surface area contributed by atoms with Gasteiger partial charge in [-0.05, 0) is 48.8 Å². The molecule has 2 heteroatoms. The molecule has 1 nitrogen and oxygen atoms in total. The Kier molecular flexibility index (Phi) is 3.53. The van der Waals surface area contributed by atoms with Crippen molar-refractivity contribution in [3.05, 3.63) is 35.6 Å². The van der Waals surface area contributed by atoms with Gasteiger partial charge < -0.3 is 5.11 Å². The van der Waals surface area contributed by atoms with E-state index in [1.54, 1.807) is 6.07 Å². The molecule has 0 saturated heterocycles. The summed E-state index contributed by atoms with van der Waals surface area (Å²) in [5.41, 5.74) is 0.249. The van der Waals surface area contributed by atoms with Gasteiger partial charge in [0.1, 0.15) is 5.82 Å². The van der Waals surface area contributed by atoms with Gasteiger partial charge in [-0.3, -0.25) is 0 Å². The van der Waals surface area contributed by atoms with Crippen molar-refractivity contribution in [3.63, 3.8) is 0 Å². The van der Waals surface area contributed by atoms with Gasteiger partial charge in [0.15, 0.2) is 0 Å². The van der Waals surface area contributed by atoms with Crippen molar-refractivity contribution in [2.75, 3.05) is 0 Å². The molecule has 0 heterocycles. The lowest BCUT2D eigenvalue weighted by Gasteiger charge is -2.39. The first-order chi connectivity index (χ1) is 7.97. The molecule has 17 heavy (non-hydrogen) atoms. The molecule has 0 spiro atoms. The molecule has 0 aromatic heterocycles. The van der Waals surface area contributed by atoms with E-state index in [1.165, 1.54) is 18.6 Å². The maximum absolute atomic E-state index is 13.1. The van der Waals surface area contributed by atoms with Crippen LogP contribution >= 0.6 is 0 Å². The molecule has 1 aliphatic rings. The van der Waals surface area contributed by atoms with Crippen molar-refractivity contribution in [1.82, 2.24) is 0 Å². The zero-order chi connectivity index (χ0) is 12.5. The number of rotatable bonds is 2. The first-order valence-corrected chi connectivity index (χ1v) is 6.44. The fourth-order valence-electron chi connectivity index (χ4n) is 3.41. The SMILES string of the molecule is CC1CC(C)CC(O)(Cc2cccc(F)c2)C1. The van der Waals surface area contributed by atoms with Gasteiger partial charge >= 0.3 is 0 Å². The van der Waals surface area contributed by atoms with Crippen molar-refractivity contribution in [2.24, 2.45) is 11.8 Å². The minimum absolute atomic E-state index is 0.219. The lowest BCUT2D eigenvalue weighted by molar-refractivity contribution is -0.0305. The fraction of sp³-hybridized carbons (Fsp3) is 0.600. The van der Waals surface area contributed by atoms with Crippen molar-refractivity contribution >= 4 is 0 Å². The van der Waals surface area contributed by atoms with E-state index in [4.69, 9.17) is 0 Å². The number of aliphatic hydroxyl groups is 1. The van der Waals surface area contributed by atoms with Gasteiger partial charge in [-0.15, -0.1) is 0 Å². The zero-order valence-electron chi connectivity index (χ0n) is 10.6. The number of benzene rings is 1. The molecule has 1 aromatic rings. The second kappa shape index (κ2) is 4.77. The Labute approximate surface area is 103 Å². The summed E-state index contributed by atoms with van der Waals surface area (Å²) in [6, 6.07) is 6.58. The third kappa shape index (κ3) is 3.29. The summed E-state index contributed by atoms with van der Waals surface area (Å²) in [6.45, 7) is 4.37. The van der Waals surface area contributed by atoms with Crippen LogP contribution in [-0.4, -0.2) is 10.7 Å². The highest BCUT2D eigenvalue weighted by Crippen LogP contribution is 2.37. The minimum atomic E-state index is -0.648. The highest BCUT2D eigenvalue weighted by Gasteiger charge is 2.35. The summed E-state index contributed by atoms with van der Waals surface area (Å²) < 4.78 is 13.1. The average molecular weight is 236 g/mol. The number of hydrogen-bond donors (Lipinski definition) is 1. The Morgan fingerprint density at radius 1 is 1.29 bits per heavy atom. The molecule has 1 N–H and O–H groups in total. The predicted octanol–water partition coefficient (Wildman–Crippen LogP) is 3.56. The molecule has 1 saturated carbocycles. The number of hydrogen-bond acceptors (Lipinski definition) is 1. The van der Waals surface area contributed by atoms with Gasteiger partial charge in [0.05, 0.1) is 5.60 Å². The Bertz CT molecular complexity index is 378. The van der Waals surface area contributed by atoms with Crippen LogP contribution in [0.25, 0.3) is 0 Å². The van der Waals surface area contributed by atoms with Crippen LogP contribution in [0.3, 0.4) is 0 Å². The van der Waals surface area contributed by atoms with E-state index in [9.17, 15) is 9.50 Å². The normalized spacial score (nSPS) is 33.6. The lowest BCUT2D eigenvalue weighted by atomic mass is 9.71. The molecule has 0 aliphatic heterocycles. The second-order valence-electron chi connectivity index (χ2n) is 5.89. The highest BCUT2D eigenvalue weighted by atomic mass is 19.1. The molecule has 94 valence electrons.